The van der Waals surface area contributed by atoms with E-state index in [9.17, 15) is 4.79 Å². The third-order valence-corrected chi connectivity index (χ3v) is 3.97. The van der Waals surface area contributed by atoms with Crippen LogP contribution in [0.3, 0.4) is 0 Å². The molecule has 112 valence electrons. The number of cyclic esters (lactones) is 1. The number of hydrogen-bond acceptors (Lipinski definition) is 3. The molecule has 0 aromatic heterocycles. The fraction of sp³-hybridized carbons (Fsp3) is 0.0526. The van der Waals surface area contributed by atoms with Gasteiger partial charge < -0.3 is 4.74 Å². The molecule has 1 heterocycles. The summed E-state index contributed by atoms with van der Waals surface area (Å²) in [4.78, 5) is 12.0. The maximum absolute atomic E-state index is 12.0. The van der Waals surface area contributed by atoms with Gasteiger partial charge in [-0.1, -0.05) is 40.2 Å². The van der Waals surface area contributed by atoms with E-state index < -0.39 is 0 Å². The molecule has 0 saturated heterocycles. The molecule has 0 amide bonds. The van der Waals surface area contributed by atoms with Gasteiger partial charge in [0, 0.05) is 16.5 Å². The first-order chi connectivity index (χ1) is 11.1. The van der Waals surface area contributed by atoms with Crippen LogP contribution in [0.1, 0.15) is 16.7 Å². The zero-order valence-electron chi connectivity index (χ0n) is 12.1. The van der Waals surface area contributed by atoms with Crippen LogP contribution in [-0.2, 0) is 16.0 Å². The first-order valence-electron chi connectivity index (χ1n) is 7.03. The first-order valence-corrected chi connectivity index (χ1v) is 7.82. The standard InChI is InChI=1S/C19H12BrNO2/c20-17-7-5-13(6-8-17)9-16-11-18(23-19(16)22)10-14-1-3-15(12-21)4-2-14/h1-8,10-11H,9H2/b18-10-. The number of carbonyl (C=O) groups excluding carboxylic acids is 1. The summed E-state index contributed by atoms with van der Waals surface area (Å²) in [5.41, 5.74) is 3.17. The number of nitrogens with zero attached hydrogens (tertiary/aromatic N) is 1. The van der Waals surface area contributed by atoms with Crippen LogP contribution in [0.2, 0.25) is 0 Å². The Morgan fingerprint density at radius 2 is 1.78 bits per heavy atom. The van der Waals surface area contributed by atoms with Gasteiger partial charge in [-0.2, -0.15) is 5.26 Å². The molecule has 2 aromatic rings. The molecule has 1 aliphatic rings. The topological polar surface area (TPSA) is 50.1 Å². The lowest BCUT2D eigenvalue weighted by molar-refractivity contribution is -0.133. The summed E-state index contributed by atoms with van der Waals surface area (Å²) in [5.74, 6) is 0.208. The number of halogens is 1. The van der Waals surface area contributed by atoms with Gasteiger partial charge in [0.1, 0.15) is 5.76 Å². The van der Waals surface area contributed by atoms with Crippen LogP contribution < -0.4 is 0 Å². The van der Waals surface area contributed by atoms with Gasteiger partial charge in [-0.15, -0.1) is 0 Å². The predicted molar refractivity (Wildman–Crippen MR) is 91.2 cm³/mol. The van der Waals surface area contributed by atoms with E-state index in [4.69, 9.17) is 10.00 Å². The van der Waals surface area contributed by atoms with Crippen molar-refractivity contribution in [3.05, 3.63) is 87.1 Å². The number of benzene rings is 2. The molecule has 0 saturated carbocycles. The van der Waals surface area contributed by atoms with Crippen molar-refractivity contribution in [2.45, 2.75) is 6.42 Å². The molecule has 0 atom stereocenters. The van der Waals surface area contributed by atoms with Crippen molar-refractivity contribution in [1.29, 1.82) is 5.26 Å². The van der Waals surface area contributed by atoms with E-state index in [-0.39, 0.29) is 5.97 Å². The number of allylic oxidation sites excluding steroid dienone is 1. The van der Waals surface area contributed by atoms with E-state index in [1.165, 1.54) is 0 Å². The molecule has 3 nitrogen and oxygen atoms in total. The maximum Gasteiger partial charge on any atom is 0.339 e. The lowest BCUT2D eigenvalue weighted by atomic mass is 10.1. The Bertz CT molecular complexity index is 840. The minimum atomic E-state index is -0.312. The van der Waals surface area contributed by atoms with E-state index in [1.807, 2.05) is 36.4 Å². The highest BCUT2D eigenvalue weighted by atomic mass is 79.9. The third kappa shape index (κ3) is 3.77. The normalized spacial score (nSPS) is 15.2. The van der Waals surface area contributed by atoms with E-state index in [1.54, 1.807) is 24.3 Å². The monoisotopic (exact) mass is 365 g/mol. The third-order valence-electron chi connectivity index (χ3n) is 3.45. The van der Waals surface area contributed by atoms with Crippen molar-refractivity contribution < 1.29 is 9.53 Å². The fourth-order valence-corrected chi connectivity index (χ4v) is 2.53. The van der Waals surface area contributed by atoms with Crippen LogP contribution in [0.15, 0.2) is 70.4 Å². The second-order valence-electron chi connectivity index (χ2n) is 5.14. The fourth-order valence-electron chi connectivity index (χ4n) is 2.27. The Morgan fingerprint density at radius 1 is 1.09 bits per heavy atom. The number of esters is 1. The van der Waals surface area contributed by atoms with Gasteiger partial charge in [-0.3, -0.25) is 0 Å². The highest BCUT2D eigenvalue weighted by molar-refractivity contribution is 9.10. The van der Waals surface area contributed by atoms with E-state index >= 15 is 0 Å². The second-order valence-corrected chi connectivity index (χ2v) is 6.06. The molecular weight excluding hydrogens is 354 g/mol. The summed E-state index contributed by atoms with van der Waals surface area (Å²) < 4.78 is 6.29. The zero-order valence-corrected chi connectivity index (χ0v) is 13.7. The van der Waals surface area contributed by atoms with Gasteiger partial charge in [0.2, 0.25) is 0 Å². The summed E-state index contributed by atoms with van der Waals surface area (Å²) in [6.07, 6.45) is 4.09. The van der Waals surface area contributed by atoms with Gasteiger partial charge in [0.25, 0.3) is 0 Å². The van der Waals surface area contributed by atoms with E-state index in [2.05, 4.69) is 22.0 Å². The van der Waals surface area contributed by atoms with Crippen LogP contribution >= 0.6 is 15.9 Å². The van der Waals surface area contributed by atoms with Crippen molar-refractivity contribution >= 4 is 28.0 Å². The average Bonchev–Trinajstić information content (AvgIpc) is 2.90. The Labute approximate surface area is 142 Å². The molecule has 1 aliphatic heterocycles. The van der Waals surface area contributed by atoms with Gasteiger partial charge in [-0.25, -0.2) is 4.79 Å². The van der Waals surface area contributed by atoms with Crippen molar-refractivity contribution in [1.82, 2.24) is 0 Å². The van der Waals surface area contributed by atoms with Gasteiger partial charge in [0.15, 0.2) is 0 Å². The molecule has 4 heteroatoms. The minimum absolute atomic E-state index is 0.312. The number of rotatable bonds is 3. The second kappa shape index (κ2) is 6.64. The van der Waals surface area contributed by atoms with Crippen molar-refractivity contribution in [3.8, 4) is 6.07 Å². The summed E-state index contributed by atoms with van der Waals surface area (Å²) in [7, 11) is 0. The summed E-state index contributed by atoms with van der Waals surface area (Å²) >= 11 is 3.39. The molecule has 0 radical (unpaired) electrons. The molecule has 0 aliphatic carbocycles. The molecule has 0 unspecified atom stereocenters. The first kappa shape index (κ1) is 15.3. The summed E-state index contributed by atoms with van der Waals surface area (Å²) in [5, 5.41) is 8.79. The lowest BCUT2D eigenvalue weighted by Gasteiger charge is -2.00. The van der Waals surface area contributed by atoms with Crippen molar-refractivity contribution in [2.24, 2.45) is 0 Å². The highest BCUT2D eigenvalue weighted by Gasteiger charge is 2.21. The number of carbonyl (C=O) groups is 1. The molecule has 2 aromatic carbocycles. The van der Waals surface area contributed by atoms with Crippen molar-refractivity contribution in [3.63, 3.8) is 0 Å². The zero-order chi connectivity index (χ0) is 16.2. The Morgan fingerprint density at radius 3 is 2.43 bits per heavy atom. The molecule has 3 rings (SSSR count). The molecule has 0 spiro atoms. The molecule has 0 bridgehead atoms. The van der Waals surface area contributed by atoms with Crippen LogP contribution in [0.4, 0.5) is 0 Å². The van der Waals surface area contributed by atoms with E-state index in [0.717, 1.165) is 15.6 Å². The van der Waals surface area contributed by atoms with Crippen LogP contribution in [-0.4, -0.2) is 5.97 Å². The number of hydrogen-bond donors (Lipinski definition) is 0. The lowest BCUT2D eigenvalue weighted by Crippen LogP contribution is -2.01. The Balaban J connectivity index is 1.78. The van der Waals surface area contributed by atoms with E-state index in [0.29, 0.717) is 23.3 Å². The van der Waals surface area contributed by atoms with Crippen molar-refractivity contribution in [2.75, 3.05) is 0 Å². The Kier molecular flexibility index (Phi) is 4.40. The quantitative estimate of drug-likeness (QED) is 0.758. The molecule has 0 N–H and O–H groups in total. The minimum Gasteiger partial charge on any atom is -0.423 e. The van der Waals surface area contributed by atoms with Crippen LogP contribution in [0.5, 0.6) is 0 Å². The van der Waals surface area contributed by atoms with Gasteiger partial charge >= 0.3 is 5.97 Å². The highest BCUT2D eigenvalue weighted by Crippen LogP contribution is 2.23. The molecule has 23 heavy (non-hydrogen) atoms. The van der Waals surface area contributed by atoms with Crippen LogP contribution in [0, 0.1) is 11.3 Å². The van der Waals surface area contributed by atoms with Gasteiger partial charge in [-0.05, 0) is 47.5 Å². The average molecular weight is 366 g/mol. The SMILES string of the molecule is N#Cc1ccc(/C=C2/C=C(Cc3ccc(Br)cc3)C(=O)O2)cc1. The maximum atomic E-state index is 12.0. The largest absolute Gasteiger partial charge is 0.423 e. The van der Waals surface area contributed by atoms with Crippen LogP contribution in [0.25, 0.3) is 6.08 Å². The molecular formula is C19H12BrNO2. The Hall–Kier alpha value is -2.64. The number of nitriles is 1. The summed E-state index contributed by atoms with van der Waals surface area (Å²) in [6, 6.07) is 17.0. The summed E-state index contributed by atoms with van der Waals surface area (Å²) in [6.45, 7) is 0. The van der Waals surface area contributed by atoms with Gasteiger partial charge in [0.05, 0.1) is 11.6 Å². The molecule has 0 fully saturated rings. The smallest absolute Gasteiger partial charge is 0.339 e. The predicted octanol–water partition coefficient (Wildman–Crippen LogP) is 4.39. The number of ether oxygens (including phenoxy) is 1.